The Hall–Kier alpha value is -3.41. The molecule has 6 nitrogen and oxygen atoms in total. The van der Waals surface area contributed by atoms with Gasteiger partial charge in [-0.15, -0.1) is 0 Å². The van der Waals surface area contributed by atoms with Crippen molar-refractivity contribution in [3.63, 3.8) is 0 Å². The summed E-state index contributed by atoms with van der Waals surface area (Å²) in [5.41, 5.74) is 4.92. The summed E-state index contributed by atoms with van der Waals surface area (Å²) in [6, 6.07) is 11.2. The zero-order chi connectivity index (χ0) is 21.8. The van der Waals surface area contributed by atoms with E-state index in [1.807, 2.05) is 38.1 Å². The Labute approximate surface area is 175 Å². The highest BCUT2D eigenvalue weighted by molar-refractivity contribution is 5.98. The van der Waals surface area contributed by atoms with E-state index in [0.29, 0.717) is 29.7 Å². The van der Waals surface area contributed by atoms with Crippen LogP contribution < -0.4 is 5.32 Å². The number of ketones is 1. The third kappa shape index (κ3) is 4.76. The van der Waals surface area contributed by atoms with Crippen molar-refractivity contribution in [1.29, 1.82) is 0 Å². The number of Topliss-reactive ketones (excluding diaryl/α,β-unsaturated/α-hetero) is 1. The van der Waals surface area contributed by atoms with Gasteiger partial charge in [-0.2, -0.15) is 0 Å². The zero-order valence-electron chi connectivity index (χ0n) is 17.6. The Morgan fingerprint density at radius 1 is 1.03 bits per heavy atom. The normalized spacial score (nSPS) is 10.8. The van der Waals surface area contributed by atoms with Crippen LogP contribution in [0.3, 0.4) is 0 Å². The molecular weight excluding hydrogens is 382 g/mol. The first-order valence-electron chi connectivity index (χ1n) is 9.81. The van der Waals surface area contributed by atoms with Gasteiger partial charge >= 0.3 is 5.97 Å². The van der Waals surface area contributed by atoms with Crippen LogP contribution in [0.1, 0.15) is 46.2 Å². The lowest BCUT2D eigenvalue weighted by atomic mass is 10.0. The average Bonchev–Trinajstić information content (AvgIpc) is 3.04. The second-order valence-electron chi connectivity index (χ2n) is 7.46. The first-order valence-corrected chi connectivity index (χ1v) is 9.81. The van der Waals surface area contributed by atoms with Gasteiger partial charge < -0.3 is 19.3 Å². The number of furan rings is 1. The summed E-state index contributed by atoms with van der Waals surface area (Å²) < 4.78 is 10.8. The molecular formula is C24H25NO5. The van der Waals surface area contributed by atoms with E-state index in [2.05, 4.69) is 5.32 Å². The zero-order valence-corrected chi connectivity index (χ0v) is 17.6. The van der Waals surface area contributed by atoms with Gasteiger partial charge in [0.2, 0.25) is 5.76 Å². The number of hydrogen-bond acceptors (Lipinski definition) is 5. The molecule has 0 aliphatic heterocycles. The minimum atomic E-state index is -0.690. The number of benzene rings is 2. The average molecular weight is 407 g/mol. The van der Waals surface area contributed by atoms with Gasteiger partial charge in [-0.05, 0) is 69.0 Å². The molecule has 0 atom stereocenters. The van der Waals surface area contributed by atoms with Gasteiger partial charge in [-0.3, -0.25) is 4.79 Å². The molecule has 1 aromatic heterocycles. The van der Waals surface area contributed by atoms with E-state index >= 15 is 0 Å². The first kappa shape index (κ1) is 21.3. The van der Waals surface area contributed by atoms with Crippen molar-refractivity contribution in [2.45, 2.75) is 40.5 Å². The summed E-state index contributed by atoms with van der Waals surface area (Å²) in [7, 11) is 0. The predicted octanol–water partition coefficient (Wildman–Crippen LogP) is 4.68. The number of esters is 1. The van der Waals surface area contributed by atoms with E-state index in [4.69, 9.17) is 9.15 Å². The first-order chi connectivity index (χ1) is 14.3. The molecule has 1 N–H and O–H groups in total. The quantitative estimate of drug-likeness (QED) is 0.575. The van der Waals surface area contributed by atoms with Crippen molar-refractivity contribution in [3.8, 4) is 0 Å². The van der Waals surface area contributed by atoms with Gasteiger partial charge in [0.15, 0.2) is 6.61 Å². The van der Waals surface area contributed by atoms with Crippen LogP contribution in [0.5, 0.6) is 0 Å². The van der Waals surface area contributed by atoms with Crippen molar-refractivity contribution in [3.05, 3.63) is 64.4 Å². The highest BCUT2D eigenvalue weighted by Gasteiger charge is 2.20. The molecule has 0 aliphatic rings. The Bertz CT molecular complexity index is 1130. The summed E-state index contributed by atoms with van der Waals surface area (Å²) in [5.74, 6) is -0.905. The third-order valence-electron chi connectivity index (χ3n) is 5.16. The Morgan fingerprint density at radius 2 is 1.80 bits per heavy atom. The Kier molecular flexibility index (Phi) is 6.35. The van der Waals surface area contributed by atoms with Crippen molar-refractivity contribution in [1.82, 2.24) is 0 Å². The molecule has 3 aromatic rings. The van der Waals surface area contributed by atoms with E-state index in [9.17, 15) is 14.4 Å². The molecule has 1 amide bonds. The van der Waals surface area contributed by atoms with Gasteiger partial charge in [-0.1, -0.05) is 18.2 Å². The maximum absolute atomic E-state index is 12.5. The number of carbonyl (C=O) groups is 3. The van der Waals surface area contributed by atoms with Crippen LogP contribution >= 0.6 is 0 Å². The molecule has 0 saturated heterocycles. The SMILES string of the molecule is CC(=O)CCc1ccc2oc(C(=O)OCC(=O)Nc3cccc(C)c3C)c(C)c2c1. The summed E-state index contributed by atoms with van der Waals surface area (Å²) in [5, 5.41) is 3.55. The van der Waals surface area contributed by atoms with Crippen LogP contribution in [-0.2, 0) is 20.7 Å². The number of amides is 1. The minimum Gasteiger partial charge on any atom is -0.450 e. The summed E-state index contributed by atoms with van der Waals surface area (Å²) in [6.07, 6.45) is 1.10. The van der Waals surface area contributed by atoms with E-state index in [-0.39, 0.29) is 11.5 Å². The second kappa shape index (κ2) is 8.95. The lowest BCUT2D eigenvalue weighted by Gasteiger charge is -2.10. The number of ether oxygens (including phenoxy) is 1. The third-order valence-corrected chi connectivity index (χ3v) is 5.16. The smallest absolute Gasteiger partial charge is 0.375 e. The molecule has 0 unspecified atom stereocenters. The highest BCUT2D eigenvalue weighted by Crippen LogP contribution is 2.27. The molecule has 6 heteroatoms. The van der Waals surface area contributed by atoms with Crippen molar-refractivity contribution in [2.24, 2.45) is 0 Å². The lowest BCUT2D eigenvalue weighted by molar-refractivity contribution is -0.119. The fraction of sp³-hybridized carbons (Fsp3) is 0.292. The molecule has 0 spiro atoms. The number of rotatable bonds is 7. The van der Waals surface area contributed by atoms with Gasteiger partial charge in [-0.25, -0.2) is 4.79 Å². The molecule has 156 valence electrons. The monoisotopic (exact) mass is 407 g/mol. The molecule has 1 heterocycles. The second-order valence-corrected chi connectivity index (χ2v) is 7.46. The van der Waals surface area contributed by atoms with E-state index in [1.165, 1.54) is 0 Å². The van der Waals surface area contributed by atoms with Crippen molar-refractivity contribution in [2.75, 3.05) is 11.9 Å². The Balaban J connectivity index is 1.67. The van der Waals surface area contributed by atoms with Crippen LogP contribution in [0.4, 0.5) is 5.69 Å². The van der Waals surface area contributed by atoms with Crippen molar-refractivity contribution < 1.29 is 23.5 Å². The molecule has 0 fully saturated rings. The fourth-order valence-corrected chi connectivity index (χ4v) is 3.21. The Morgan fingerprint density at radius 3 is 2.53 bits per heavy atom. The van der Waals surface area contributed by atoms with E-state index < -0.39 is 18.5 Å². The maximum atomic E-state index is 12.5. The number of aryl methyl sites for hydroxylation is 3. The summed E-state index contributed by atoms with van der Waals surface area (Å²) >= 11 is 0. The van der Waals surface area contributed by atoms with E-state index in [1.54, 1.807) is 26.0 Å². The van der Waals surface area contributed by atoms with Crippen LogP contribution in [0.25, 0.3) is 11.0 Å². The molecule has 0 aliphatic carbocycles. The molecule has 30 heavy (non-hydrogen) atoms. The van der Waals surface area contributed by atoms with Crippen LogP contribution in [0, 0.1) is 20.8 Å². The van der Waals surface area contributed by atoms with E-state index in [0.717, 1.165) is 22.1 Å². The number of nitrogens with one attached hydrogen (secondary N) is 1. The predicted molar refractivity (Wildman–Crippen MR) is 115 cm³/mol. The summed E-state index contributed by atoms with van der Waals surface area (Å²) in [4.78, 5) is 35.9. The molecule has 0 saturated carbocycles. The molecule has 0 bridgehead atoms. The highest BCUT2D eigenvalue weighted by atomic mass is 16.5. The van der Waals surface area contributed by atoms with Crippen LogP contribution in [-0.4, -0.2) is 24.3 Å². The van der Waals surface area contributed by atoms with Crippen molar-refractivity contribution >= 4 is 34.3 Å². The molecule has 0 radical (unpaired) electrons. The number of hydrogen-bond donors (Lipinski definition) is 1. The standard InChI is InChI=1S/C24H25NO5/c1-14-6-5-7-20(16(14)3)25-22(27)13-29-24(28)23-17(4)19-12-18(9-8-15(2)26)10-11-21(19)30-23/h5-7,10-12H,8-9,13H2,1-4H3,(H,25,27). The van der Waals surface area contributed by atoms with Gasteiger partial charge in [0.25, 0.3) is 5.91 Å². The summed E-state index contributed by atoms with van der Waals surface area (Å²) in [6.45, 7) is 6.80. The fourth-order valence-electron chi connectivity index (χ4n) is 3.21. The molecule has 3 rings (SSSR count). The topological polar surface area (TPSA) is 85.6 Å². The number of fused-ring (bicyclic) bond motifs is 1. The number of carbonyl (C=O) groups excluding carboxylic acids is 3. The van der Waals surface area contributed by atoms with Crippen LogP contribution in [0.2, 0.25) is 0 Å². The number of anilines is 1. The van der Waals surface area contributed by atoms with Gasteiger partial charge in [0.05, 0.1) is 0 Å². The maximum Gasteiger partial charge on any atom is 0.375 e. The van der Waals surface area contributed by atoms with Gasteiger partial charge in [0.1, 0.15) is 11.4 Å². The molecule has 2 aromatic carbocycles. The van der Waals surface area contributed by atoms with Gasteiger partial charge in [0, 0.05) is 23.1 Å². The van der Waals surface area contributed by atoms with Crippen LogP contribution in [0.15, 0.2) is 40.8 Å². The minimum absolute atomic E-state index is 0.0771. The largest absolute Gasteiger partial charge is 0.450 e. The lowest BCUT2D eigenvalue weighted by Crippen LogP contribution is -2.21.